The molecular formula is C24H34N4O10. The first-order chi connectivity index (χ1) is 18.1. The zero-order chi connectivity index (χ0) is 28.1. The number of imide groups is 1. The summed E-state index contributed by atoms with van der Waals surface area (Å²) in [5.41, 5.74) is 1.01. The molecule has 1 aliphatic heterocycles. The third kappa shape index (κ3) is 9.27. The summed E-state index contributed by atoms with van der Waals surface area (Å²) >= 11 is 0. The molecular weight excluding hydrogens is 504 g/mol. The van der Waals surface area contributed by atoms with E-state index >= 15 is 0 Å². The molecule has 0 saturated carbocycles. The van der Waals surface area contributed by atoms with Crippen molar-refractivity contribution < 1.29 is 43.3 Å². The largest absolute Gasteiger partial charge is 0.465 e. The molecule has 3 atom stereocenters. The first kappa shape index (κ1) is 30.4. The summed E-state index contributed by atoms with van der Waals surface area (Å²) in [7, 11) is 1.45. The van der Waals surface area contributed by atoms with Gasteiger partial charge in [-0.2, -0.15) is 0 Å². The molecule has 3 amide bonds. The average molecular weight is 539 g/mol. The van der Waals surface area contributed by atoms with Crippen LogP contribution in [0.15, 0.2) is 30.3 Å². The Morgan fingerprint density at radius 3 is 2.47 bits per heavy atom. The number of nitrogens with one attached hydrogen (secondary N) is 1. The number of likely N-dealkylation sites (N-methyl/N-ethyl adjacent to an activating group) is 1. The van der Waals surface area contributed by atoms with Gasteiger partial charge in [0.05, 0.1) is 32.4 Å². The molecule has 1 saturated heterocycles. The molecule has 3 unspecified atom stereocenters. The van der Waals surface area contributed by atoms with E-state index in [0.717, 1.165) is 10.5 Å². The Kier molecular flexibility index (Phi) is 12.4. The highest BCUT2D eigenvalue weighted by Gasteiger charge is 2.46. The number of esters is 2. The van der Waals surface area contributed by atoms with Crippen molar-refractivity contribution in [3.05, 3.63) is 46.0 Å². The average Bonchev–Trinajstić information content (AvgIpc) is 3.19. The first-order valence-electron chi connectivity index (χ1n) is 12.2. The van der Waals surface area contributed by atoms with Crippen LogP contribution in [-0.2, 0) is 39.9 Å². The maximum absolute atomic E-state index is 13.3. The Morgan fingerprint density at radius 1 is 1.13 bits per heavy atom. The normalized spacial score (nSPS) is 16.6. The highest BCUT2D eigenvalue weighted by molar-refractivity contribution is 6.03. The zero-order valence-electron chi connectivity index (χ0n) is 21.7. The second-order valence-corrected chi connectivity index (χ2v) is 8.44. The topological polar surface area (TPSA) is 167 Å². The van der Waals surface area contributed by atoms with Crippen LogP contribution in [0.4, 0.5) is 4.79 Å². The fourth-order valence-electron chi connectivity index (χ4n) is 3.78. The highest BCUT2D eigenvalue weighted by atomic mass is 17.0. The van der Waals surface area contributed by atoms with Crippen molar-refractivity contribution in [1.29, 1.82) is 0 Å². The lowest BCUT2D eigenvalue weighted by Crippen LogP contribution is -2.55. The quantitative estimate of drug-likeness (QED) is 0.135. The Labute approximate surface area is 220 Å². The summed E-state index contributed by atoms with van der Waals surface area (Å²) in [5.74, 6) is -2.02. The van der Waals surface area contributed by atoms with Gasteiger partial charge >= 0.3 is 18.0 Å². The number of hydrogen-bond acceptors (Lipinski definition) is 11. The lowest BCUT2D eigenvalue weighted by Gasteiger charge is -2.26. The van der Waals surface area contributed by atoms with E-state index in [0.29, 0.717) is 12.8 Å². The summed E-state index contributed by atoms with van der Waals surface area (Å²) in [4.78, 5) is 67.5. The minimum atomic E-state index is -1.19. The van der Waals surface area contributed by atoms with E-state index in [1.54, 1.807) is 6.92 Å². The van der Waals surface area contributed by atoms with Gasteiger partial charge in [0.15, 0.2) is 6.04 Å². The first-order valence-corrected chi connectivity index (χ1v) is 12.2. The Morgan fingerprint density at radius 2 is 1.82 bits per heavy atom. The summed E-state index contributed by atoms with van der Waals surface area (Å²) < 4.78 is 15.4. The van der Waals surface area contributed by atoms with Crippen LogP contribution in [0.3, 0.4) is 0 Å². The van der Waals surface area contributed by atoms with Crippen molar-refractivity contribution in [2.24, 2.45) is 0 Å². The SMILES string of the molecule is CCOC(=O)C(CCc1ccccc1)NC(C)C(=O)N1C(=O)N(C)CC1C(=O)OCCOCCO[N+](=O)[O-]. The van der Waals surface area contributed by atoms with Crippen molar-refractivity contribution in [1.82, 2.24) is 15.1 Å². The van der Waals surface area contributed by atoms with E-state index in [-0.39, 0.29) is 39.6 Å². The van der Waals surface area contributed by atoms with Crippen LogP contribution in [-0.4, -0.2) is 104 Å². The minimum absolute atomic E-state index is 0.0577. The van der Waals surface area contributed by atoms with E-state index in [1.807, 2.05) is 30.3 Å². The van der Waals surface area contributed by atoms with E-state index in [2.05, 4.69) is 10.2 Å². The molecule has 1 aromatic rings. The number of amides is 3. The molecule has 2 rings (SSSR count). The summed E-state index contributed by atoms with van der Waals surface area (Å²) in [6.07, 6.45) is 0.908. The number of aryl methyl sites for hydroxylation is 1. The van der Waals surface area contributed by atoms with Crippen LogP contribution in [0.5, 0.6) is 0 Å². The standard InChI is InChI=1S/C24H34N4O10/c1-4-36-22(30)19(11-10-18-8-6-5-7-9-18)25-17(2)21(29)27-20(16-26(3)24(27)32)23(31)37-14-12-35-13-15-38-28(33)34/h5-9,17,19-20,25H,4,10-16H2,1-3H3. The molecule has 1 fully saturated rings. The third-order valence-corrected chi connectivity index (χ3v) is 5.65. The lowest BCUT2D eigenvalue weighted by atomic mass is 10.0. The van der Waals surface area contributed by atoms with Gasteiger partial charge < -0.3 is 23.9 Å². The number of nitrogens with zero attached hydrogens (tertiary/aromatic N) is 3. The van der Waals surface area contributed by atoms with E-state index in [4.69, 9.17) is 14.2 Å². The molecule has 14 heteroatoms. The third-order valence-electron chi connectivity index (χ3n) is 5.65. The van der Waals surface area contributed by atoms with Crippen molar-refractivity contribution in [2.75, 3.05) is 46.6 Å². The van der Waals surface area contributed by atoms with Crippen molar-refractivity contribution in [3.63, 3.8) is 0 Å². The maximum Gasteiger partial charge on any atom is 0.331 e. The van der Waals surface area contributed by atoms with Gasteiger partial charge in [-0.3, -0.25) is 14.9 Å². The Balaban J connectivity index is 1.97. The number of carbonyl (C=O) groups is 4. The fourth-order valence-corrected chi connectivity index (χ4v) is 3.78. The molecule has 0 spiro atoms. The van der Waals surface area contributed by atoms with E-state index in [1.165, 1.54) is 18.9 Å². The predicted molar refractivity (Wildman–Crippen MR) is 131 cm³/mol. The van der Waals surface area contributed by atoms with Gasteiger partial charge in [0, 0.05) is 7.05 Å². The van der Waals surface area contributed by atoms with Gasteiger partial charge in [-0.15, -0.1) is 10.1 Å². The summed E-state index contributed by atoms with van der Waals surface area (Å²) in [6, 6.07) is 5.86. The van der Waals surface area contributed by atoms with E-state index in [9.17, 15) is 29.3 Å². The van der Waals surface area contributed by atoms with Crippen LogP contribution < -0.4 is 5.32 Å². The van der Waals surface area contributed by atoms with Crippen molar-refractivity contribution >= 4 is 23.9 Å². The van der Waals surface area contributed by atoms with Gasteiger partial charge in [-0.05, 0) is 32.3 Å². The molecule has 1 aliphatic rings. The molecule has 0 aromatic heterocycles. The van der Waals surface area contributed by atoms with Gasteiger partial charge in [-0.25, -0.2) is 14.5 Å². The molecule has 38 heavy (non-hydrogen) atoms. The Hall–Kier alpha value is -3.78. The monoisotopic (exact) mass is 538 g/mol. The number of ether oxygens (including phenoxy) is 3. The van der Waals surface area contributed by atoms with Crippen molar-refractivity contribution in [3.8, 4) is 0 Å². The van der Waals surface area contributed by atoms with Crippen LogP contribution in [0.2, 0.25) is 0 Å². The second-order valence-electron chi connectivity index (χ2n) is 8.44. The molecule has 0 bridgehead atoms. The highest BCUT2D eigenvalue weighted by Crippen LogP contribution is 2.18. The lowest BCUT2D eigenvalue weighted by molar-refractivity contribution is -0.758. The van der Waals surface area contributed by atoms with Crippen LogP contribution in [0, 0.1) is 10.1 Å². The maximum atomic E-state index is 13.3. The van der Waals surface area contributed by atoms with Crippen molar-refractivity contribution in [2.45, 2.75) is 44.8 Å². The number of carbonyl (C=O) groups excluding carboxylic acids is 4. The summed E-state index contributed by atoms with van der Waals surface area (Å²) in [5, 5.41) is 12.1. The molecule has 1 N–H and O–H groups in total. The predicted octanol–water partition coefficient (Wildman–Crippen LogP) is 0.560. The minimum Gasteiger partial charge on any atom is -0.465 e. The second kappa shape index (κ2) is 15.5. The fraction of sp³-hybridized carbons (Fsp3) is 0.583. The smallest absolute Gasteiger partial charge is 0.331 e. The number of urea groups is 1. The zero-order valence-corrected chi connectivity index (χ0v) is 21.7. The molecule has 0 radical (unpaired) electrons. The van der Waals surface area contributed by atoms with Gasteiger partial charge in [0.25, 0.3) is 5.09 Å². The van der Waals surface area contributed by atoms with Crippen LogP contribution in [0.25, 0.3) is 0 Å². The Bertz CT molecular complexity index is 961. The molecule has 1 aromatic carbocycles. The number of rotatable bonds is 16. The molecule has 0 aliphatic carbocycles. The summed E-state index contributed by atoms with van der Waals surface area (Å²) in [6.45, 7) is 2.69. The van der Waals surface area contributed by atoms with Crippen LogP contribution >= 0.6 is 0 Å². The van der Waals surface area contributed by atoms with Gasteiger partial charge in [-0.1, -0.05) is 30.3 Å². The molecule has 210 valence electrons. The van der Waals surface area contributed by atoms with Crippen LogP contribution in [0.1, 0.15) is 25.8 Å². The number of benzene rings is 1. The molecule has 14 nitrogen and oxygen atoms in total. The van der Waals surface area contributed by atoms with Gasteiger partial charge in [0.2, 0.25) is 5.91 Å². The molecule has 1 heterocycles. The number of hydrogen-bond donors (Lipinski definition) is 1. The van der Waals surface area contributed by atoms with E-state index < -0.39 is 47.1 Å². The van der Waals surface area contributed by atoms with Gasteiger partial charge in [0.1, 0.15) is 19.3 Å².